The molecule has 0 aliphatic heterocycles. The number of hydrogen-bond acceptors (Lipinski definition) is 3. The molecule has 1 heterocycles. The molecule has 1 N–H and O–H groups in total. The lowest BCUT2D eigenvalue weighted by atomic mass is 10.3. The lowest BCUT2D eigenvalue weighted by Gasteiger charge is -1.94. The number of hydrogen-bond donors (Lipinski definition) is 1. The molecule has 4 nitrogen and oxygen atoms in total. The summed E-state index contributed by atoms with van der Waals surface area (Å²) < 4.78 is 4.73. The Morgan fingerprint density at radius 1 is 1.58 bits per heavy atom. The SMILES string of the molecule is CC(C)=NNC(=O)c1ccoc1. The van der Waals surface area contributed by atoms with Gasteiger partial charge in [0.2, 0.25) is 0 Å². The van der Waals surface area contributed by atoms with E-state index in [0.717, 1.165) is 5.71 Å². The van der Waals surface area contributed by atoms with E-state index in [1.807, 2.05) is 0 Å². The van der Waals surface area contributed by atoms with E-state index < -0.39 is 0 Å². The van der Waals surface area contributed by atoms with Gasteiger partial charge in [-0.2, -0.15) is 5.10 Å². The minimum absolute atomic E-state index is 0.259. The third kappa shape index (κ3) is 2.23. The first-order chi connectivity index (χ1) is 5.70. The van der Waals surface area contributed by atoms with Crippen LogP contribution in [-0.2, 0) is 0 Å². The molecule has 0 saturated carbocycles. The van der Waals surface area contributed by atoms with Crippen LogP contribution < -0.4 is 5.43 Å². The number of rotatable bonds is 2. The van der Waals surface area contributed by atoms with Crippen molar-refractivity contribution < 1.29 is 9.21 Å². The normalized spacial score (nSPS) is 9.17. The Morgan fingerprint density at radius 2 is 2.33 bits per heavy atom. The van der Waals surface area contributed by atoms with Gasteiger partial charge in [0.05, 0.1) is 11.8 Å². The van der Waals surface area contributed by atoms with Crippen molar-refractivity contribution in [1.82, 2.24) is 5.43 Å². The molecule has 12 heavy (non-hydrogen) atoms. The van der Waals surface area contributed by atoms with Crippen LogP contribution >= 0.6 is 0 Å². The maximum absolute atomic E-state index is 11.1. The maximum Gasteiger partial charge on any atom is 0.274 e. The molecule has 1 aromatic rings. The third-order valence-electron chi connectivity index (χ3n) is 1.16. The van der Waals surface area contributed by atoms with Crippen molar-refractivity contribution in [3.05, 3.63) is 24.2 Å². The lowest BCUT2D eigenvalue weighted by Crippen LogP contribution is -2.17. The van der Waals surface area contributed by atoms with Crippen LogP contribution in [0.4, 0.5) is 0 Å². The molecule has 0 fully saturated rings. The fraction of sp³-hybridized carbons (Fsp3) is 0.250. The second-order valence-electron chi connectivity index (χ2n) is 2.51. The summed E-state index contributed by atoms with van der Waals surface area (Å²) >= 11 is 0. The molecule has 0 atom stereocenters. The fourth-order valence-electron chi connectivity index (χ4n) is 0.621. The summed E-state index contributed by atoms with van der Waals surface area (Å²) in [5.74, 6) is -0.259. The van der Waals surface area contributed by atoms with Crippen LogP contribution in [0.15, 0.2) is 28.1 Å². The first-order valence-electron chi connectivity index (χ1n) is 3.53. The van der Waals surface area contributed by atoms with Gasteiger partial charge in [-0.15, -0.1) is 0 Å². The van der Waals surface area contributed by atoms with Gasteiger partial charge in [-0.1, -0.05) is 0 Å². The number of nitrogens with one attached hydrogen (secondary N) is 1. The molecular weight excluding hydrogens is 156 g/mol. The van der Waals surface area contributed by atoms with E-state index in [4.69, 9.17) is 4.42 Å². The lowest BCUT2D eigenvalue weighted by molar-refractivity contribution is 0.0954. The smallest absolute Gasteiger partial charge is 0.274 e. The van der Waals surface area contributed by atoms with Crippen molar-refractivity contribution in [2.45, 2.75) is 13.8 Å². The Labute approximate surface area is 70.3 Å². The van der Waals surface area contributed by atoms with Crippen LogP contribution in [0.25, 0.3) is 0 Å². The van der Waals surface area contributed by atoms with Gasteiger partial charge in [-0.25, -0.2) is 5.43 Å². The Kier molecular flexibility index (Phi) is 2.63. The van der Waals surface area contributed by atoms with E-state index in [1.54, 1.807) is 19.9 Å². The highest BCUT2D eigenvalue weighted by atomic mass is 16.3. The summed E-state index contributed by atoms with van der Waals surface area (Å²) in [5, 5.41) is 3.76. The topological polar surface area (TPSA) is 54.6 Å². The van der Waals surface area contributed by atoms with Gasteiger partial charge in [0.15, 0.2) is 0 Å². The molecule has 0 unspecified atom stereocenters. The van der Waals surface area contributed by atoms with Crippen molar-refractivity contribution in [3.8, 4) is 0 Å². The monoisotopic (exact) mass is 166 g/mol. The van der Waals surface area contributed by atoms with Crippen molar-refractivity contribution in [2.24, 2.45) is 5.10 Å². The van der Waals surface area contributed by atoms with Crippen LogP contribution in [0.5, 0.6) is 0 Å². The van der Waals surface area contributed by atoms with Crippen LogP contribution in [0.2, 0.25) is 0 Å². The van der Waals surface area contributed by atoms with Gasteiger partial charge in [0, 0.05) is 5.71 Å². The standard InChI is InChI=1S/C8H10N2O2/c1-6(2)9-10-8(11)7-3-4-12-5-7/h3-5H,1-2H3,(H,10,11). The number of carbonyl (C=O) groups excluding carboxylic acids is 1. The molecular formula is C8H10N2O2. The predicted molar refractivity (Wildman–Crippen MR) is 45.0 cm³/mol. The van der Waals surface area contributed by atoms with E-state index in [1.165, 1.54) is 12.5 Å². The minimum atomic E-state index is -0.259. The maximum atomic E-state index is 11.1. The summed E-state index contributed by atoms with van der Waals surface area (Å²) in [4.78, 5) is 11.1. The zero-order chi connectivity index (χ0) is 8.97. The number of nitrogens with zero attached hydrogens (tertiary/aromatic N) is 1. The Morgan fingerprint density at radius 3 is 2.83 bits per heavy atom. The molecule has 0 aromatic carbocycles. The highest BCUT2D eigenvalue weighted by Crippen LogP contribution is 1.98. The largest absolute Gasteiger partial charge is 0.472 e. The highest BCUT2D eigenvalue weighted by molar-refractivity contribution is 5.94. The third-order valence-corrected chi connectivity index (χ3v) is 1.16. The molecule has 0 spiro atoms. The van der Waals surface area contributed by atoms with Crippen LogP contribution in [0.1, 0.15) is 24.2 Å². The fourth-order valence-corrected chi connectivity index (χ4v) is 0.621. The van der Waals surface area contributed by atoms with Gasteiger partial charge in [-0.05, 0) is 19.9 Å². The van der Waals surface area contributed by atoms with Gasteiger partial charge in [-0.3, -0.25) is 4.79 Å². The van der Waals surface area contributed by atoms with Crippen molar-refractivity contribution in [1.29, 1.82) is 0 Å². The summed E-state index contributed by atoms with van der Waals surface area (Å²) in [7, 11) is 0. The summed E-state index contributed by atoms with van der Waals surface area (Å²) in [6.07, 6.45) is 2.81. The molecule has 64 valence electrons. The quantitative estimate of drug-likeness (QED) is 0.533. The Balaban J connectivity index is 2.57. The van der Waals surface area contributed by atoms with Gasteiger partial charge in [0.1, 0.15) is 6.26 Å². The summed E-state index contributed by atoms with van der Waals surface area (Å²) in [6, 6.07) is 1.58. The molecule has 0 saturated heterocycles. The second-order valence-corrected chi connectivity index (χ2v) is 2.51. The summed E-state index contributed by atoms with van der Waals surface area (Å²) in [6.45, 7) is 3.60. The van der Waals surface area contributed by atoms with Gasteiger partial charge >= 0.3 is 0 Å². The molecule has 0 radical (unpaired) electrons. The average molecular weight is 166 g/mol. The van der Waals surface area contributed by atoms with E-state index in [9.17, 15) is 4.79 Å². The first-order valence-corrected chi connectivity index (χ1v) is 3.53. The van der Waals surface area contributed by atoms with E-state index in [2.05, 4.69) is 10.5 Å². The molecule has 0 bridgehead atoms. The Hall–Kier alpha value is -1.58. The van der Waals surface area contributed by atoms with Crippen molar-refractivity contribution in [2.75, 3.05) is 0 Å². The van der Waals surface area contributed by atoms with Crippen molar-refractivity contribution in [3.63, 3.8) is 0 Å². The average Bonchev–Trinajstić information content (AvgIpc) is 2.51. The second kappa shape index (κ2) is 3.71. The number of furan rings is 1. The number of amides is 1. The van der Waals surface area contributed by atoms with E-state index >= 15 is 0 Å². The van der Waals surface area contributed by atoms with Crippen LogP contribution in [0, 0.1) is 0 Å². The van der Waals surface area contributed by atoms with Gasteiger partial charge in [0.25, 0.3) is 5.91 Å². The van der Waals surface area contributed by atoms with E-state index in [0.29, 0.717) is 5.56 Å². The zero-order valence-electron chi connectivity index (χ0n) is 7.00. The predicted octanol–water partition coefficient (Wildman–Crippen LogP) is 1.41. The zero-order valence-corrected chi connectivity index (χ0v) is 7.00. The van der Waals surface area contributed by atoms with Crippen LogP contribution in [0.3, 0.4) is 0 Å². The molecule has 1 amide bonds. The summed E-state index contributed by atoms with van der Waals surface area (Å²) in [5.41, 5.74) is 3.64. The van der Waals surface area contributed by atoms with Crippen molar-refractivity contribution >= 4 is 11.6 Å². The molecule has 1 aromatic heterocycles. The Bertz CT molecular complexity index is 284. The first kappa shape index (κ1) is 8.52. The highest BCUT2D eigenvalue weighted by Gasteiger charge is 2.03. The van der Waals surface area contributed by atoms with Gasteiger partial charge < -0.3 is 4.42 Å². The molecule has 0 aliphatic carbocycles. The molecule has 1 rings (SSSR count). The van der Waals surface area contributed by atoms with E-state index in [-0.39, 0.29) is 5.91 Å². The minimum Gasteiger partial charge on any atom is -0.472 e. The molecule has 4 heteroatoms. The number of carbonyl (C=O) groups is 1. The molecule has 0 aliphatic rings. The van der Waals surface area contributed by atoms with Crippen LogP contribution in [-0.4, -0.2) is 11.6 Å². The number of hydrazone groups is 1.